The summed E-state index contributed by atoms with van der Waals surface area (Å²) in [5.41, 5.74) is 6.13. The fourth-order valence-corrected chi connectivity index (χ4v) is 2.64. The molecule has 1 aliphatic rings. The lowest BCUT2D eigenvalue weighted by atomic mass is 9.85. The molecule has 0 aromatic heterocycles. The van der Waals surface area contributed by atoms with Crippen molar-refractivity contribution in [1.82, 2.24) is 5.32 Å². The van der Waals surface area contributed by atoms with Crippen molar-refractivity contribution in [3.63, 3.8) is 0 Å². The third-order valence-electron chi connectivity index (χ3n) is 4.32. The summed E-state index contributed by atoms with van der Waals surface area (Å²) in [4.78, 5) is 0. The van der Waals surface area contributed by atoms with Gasteiger partial charge in [0.15, 0.2) is 0 Å². The molecule has 17 heavy (non-hydrogen) atoms. The fourth-order valence-electron chi connectivity index (χ4n) is 2.64. The molecule has 0 aromatic rings. The summed E-state index contributed by atoms with van der Waals surface area (Å²) in [5, 5.41) is 3.75. The second kappa shape index (κ2) is 7.34. The van der Waals surface area contributed by atoms with Crippen molar-refractivity contribution in [3.8, 4) is 0 Å². The van der Waals surface area contributed by atoms with E-state index in [1.165, 1.54) is 12.8 Å². The first-order valence-corrected chi connectivity index (χ1v) is 7.26. The SMILES string of the molecule is CCC(CC)CNC1(CN)CCOC(CC)C1. The van der Waals surface area contributed by atoms with Crippen molar-refractivity contribution in [3.05, 3.63) is 0 Å². The number of rotatable bonds is 7. The molecular weight excluding hydrogens is 212 g/mol. The van der Waals surface area contributed by atoms with Gasteiger partial charge in [0.05, 0.1) is 6.10 Å². The van der Waals surface area contributed by atoms with E-state index in [2.05, 4.69) is 26.1 Å². The Hall–Kier alpha value is -0.120. The van der Waals surface area contributed by atoms with E-state index in [-0.39, 0.29) is 5.54 Å². The first kappa shape index (κ1) is 14.9. The zero-order valence-electron chi connectivity index (χ0n) is 11.8. The van der Waals surface area contributed by atoms with Crippen LogP contribution in [-0.4, -0.2) is 31.3 Å². The van der Waals surface area contributed by atoms with Crippen LogP contribution in [0.4, 0.5) is 0 Å². The Labute approximate surface area is 106 Å². The maximum atomic E-state index is 6.01. The summed E-state index contributed by atoms with van der Waals surface area (Å²) in [6, 6.07) is 0. The fraction of sp³-hybridized carbons (Fsp3) is 1.00. The predicted octanol–water partition coefficient (Wildman–Crippen LogP) is 2.30. The molecule has 1 rings (SSSR count). The van der Waals surface area contributed by atoms with Crippen molar-refractivity contribution >= 4 is 0 Å². The zero-order chi connectivity index (χ0) is 12.7. The number of nitrogens with two attached hydrogens (primary N) is 1. The molecule has 0 amide bonds. The molecule has 0 spiro atoms. The third-order valence-corrected chi connectivity index (χ3v) is 4.32. The van der Waals surface area contributed by atoms with Gasteiger partial charge in [0.2, 0.25) is 0 Å². The van der Waals surface area contributed by atoms with Gasteiger partial charge >= 0.3 is 0 Å². The number of ether oxygens (including phenoxy) is 1. The van der Waals surface area contributed by atoms with Gasteiger partial charge in [0.1, 0.15) is 0 Å². The Balaban J connectivity index is 2.49. The predicted molar refractivity (Wildman–Crippen MR) is 73.1 cm³/mol. The highest BCUT2D eigenvalue weighted by atomic mass is 16.5. The van der Waals surface area contributed by atoms with Crippen LogP contribution in [0.2, 0.25) is 0 Å². The molecule has 0 aromatic carbocycles. The molecule has 3 N–H and O–H groups in total. The smallest absolute Gasteiger partial charge is 0.0590 e. The summed E-state index contributed by atoms with van der Waals surface area (Å²) in [6.07, 6.45) is 6.10. The zero-order valence-corrected chi connectivity index (χ0v) is 11.8. The summed E-state index contributed by atoms with van der Waals surface area (Å²) in [7, 11) is 0. The van der Waals surface area contributed by atoms with E-state index in [4.69, 9.17) is 10.5 Å². The van der Waals surface area contributed by atoms with Crippen molar-refractivity contribution in [2.45, 2.75) is 64.5 Å². The van der Waals surface area contributed by atoms with Crippen molar-refractivity contribution < 1.29 is 4.74 Å². The summed E-state index contributed by atoms with van der Waals surface area (Å²) < 4.78 is 5.75. The van der Waals surface area contributed by atoms with Gasteiger partial charge in [-0.25, -0.2) is 0 Å². The Kier molecular flexibility index (Phi) is 6.45. The average molecular weight is 242 g/mol. The minimum absolute atomic E-state index is 0.127. The van der Waals surface area contributed by atoms with E-state index in [0.717, 1.165) is 44.9 Å². The lowest BCUT2D eigenvalue weighted by Crippen LogP contribution is -2.57. The molecular formula is C14H30N2O. The largest absolute Gasteiger partial charge is 0.378 e. The second-order valence-corrected chi connectivity index (χ2v) is 5.40. The molecule has 2 atom stereocenters. The summed E-state index contributed by atoms with van der Waals surface area (Å²) in [6.45, 7) is 9.41. The molecule has 3 heteroatoms. The molecule has 1 fully saturated rings. The normalized spacial score (nSPS) is 29.8. The van der Waals surface area contributed by atoms with E-state index in [0.29, 0.717) is 6.10 Å². The van der Waals surface area contributed by atoms with Gasteiger partial charge in [-0.1, -0.05) is 33.6 Å². The minimum atomic E-state index is 0.127. The van der Waals surface area contributed by atoms with E-state index in [1.54, 1.807) is 0 Å². The van der Waals surface area contributed by atoms with Gasteiger partial charge in [0, 0.05) is 18.7 Å². The topological polar surface area (TPSA) is 47.3 Å². The van der Waals surface area contributed by atoms with Crippen LogP contribution in [0.15, 0.2) is 0 Å². The van der Waals surface area contributed by atoms with Crippen LogP contribution in [-0.2, 0) is 4.74 Å². The summed E-state index contributed by atoms with van der Waals surface area (Å²) >= 11 is 0. The van der Waals surface area contributed by atoms with Crippen molar-refractivity contribution in [2.24, 2.45) is 11.7 Å². The lowest BCUT2D eigenvalue weighted by Gasteiger charge is -2.41. The Morgan fingerprint density at radius 2 is 2.06 bits per heavy atom. The molecule has 3 nitrogen and oxygen atoms in total. The van der Waals surface area contributed by atoms with Crippen molar-refractivity contribution in [1.29, 1.82) is 0 Å². The maximum Gasteiger partial charge on any atom is 0.0590 e. The van der Waals surface area contributed by atoms with E-state index in [1.807, 2.05) is 0 Å². The molecule has 102 valence electrons. The summed E-state index contributed by atoms with van der Waals surface area (Å²) in [5.74, 6) is 0.779. The van der Waals surface area contributed by atoms with Crippen LogP contribution in [0.3, 0.4) is 0 Å². The first-order chi connectivity index (χ1) is 8.19. The number of nitrogens with one attached hydrogen (secondary N) is 1. The van der Waals surface area contributed by atoms with Gasteiger partial charge in [-0.2, -0.15) is 0 Å². The second-order valence-electron chi connectivity index (χ2n) is 5.40. The molecule has 2 unspecified atom stereocenters. The Bertz CT molecular complexity index is 206. The quantitative estimate of drug-likeness (QED) is 0.720. The highest BCUT2D eigenvalue weighted by Crippen LogP contribution is 2.26. The van der Waals surface area contributed by atoms with Gasteiger partial charge < -0.3 is 15.8 Å². The van der Waals surface area contributed by atoms with Crippen LogP contribution >= 0.6 is 0 Å². The standard InChI is InChI=1S/C14H30N2O/c1-4-12(5-2)10-16-14(11-15)7-8-17-13(6-3)9-14/h12-13,16H,4-11,15H2,1-3H3. The highest BCUT2D eigenvalue weighted by molar-refractivity contribution is 4.94. The first-order valence-electron chi connectivity index (χ1n) is 7.26. The molecule has 0 bridgehead atoms. The molecule has 0 aliphatic carbocycles. The van der Waals surface area contributed by atoms with Crippen LogP contribution in [0.25, 0.3) is 0 Å². The van der Waals surface area contributed by atoms with Crippen LogP contribution in [0.5, 0.6) is 0 Å². The lowest BCUT2D eigenvalue weighted by molar-refractivity contribution is -0.0288. The number of hydrogen-bond donors (Lipinski definition) is 2. The molecule has 1 saturated heterocycles. The van der Waals surface area contributed by atoms with Gasteiger partial charge in [-0.15, -0.1) is 0 Å². The minimum Gasteiger partial charge on any atom is -0.378 e. The van der Waals surface area contributed by atoms with Gasteiger partial charge in [0.25, 0.3) is 0 Å². The van der Waals surface area contributed by atoms with Crippen LogP contribution < -0.4 is 11.1 Å². The molecule has 1 aliphatic heterocycles. The Morgan fingerprint density at radius 3 is 2.59 bits per heavy atom. The van der Waals surface area contributed by atoms with E-state index >= 15 is 0 Å². The molecule has 1 heterocycles. The monoisotopic (exact) mass is 242 g/mol. The van der Waals surface area contributed by atoms with Crippen LogP contribution in [0, 0.1) is 5.92 Å². The third kappa shape index (κ3) is 4.23. The van der Waals surface area contributed by atoms with E-state index in [9.17, 15) is 0 Å². The molecule has 0 saturated carbocycles. The van der Waals surface area contributed by atoms with Gasteiger partial charge in [-0.05, 0) is 31.7 Å². The molecule has 0 radical (unpaired) electrons. The average Bonchev–Trinajstić information content (AvgIpc) is 2.40. The van der Waals surface area contributed by atoms with E-state index < -0.39 is 0 Å². The van der Waals surface area contributed by atoms with Crippen molar-refractivity contribution in [2.75, 3.05) is 19.7 Å². The highest BCUT2D eigenvalue weighted by Gasteiger charge is 2.35. The van der Waals surface area contributed by atoms with Crippen LogP contribution in [0.1, 0.15) is 52.9 Å². The van der Waals surface area contributed by atoms with Gasteiger partial charge in [-0.3, -0.25) is 0 Å². The Morgan fingerprint density at radius 1 is 1.35 bits per heavy atom. The number of hydrogen-bond acceptors (Lipinski definition) is 3. The maximum absolute atomic E-state index is 6.01.